The molecule has 1 saturated carbocycles. The molecule has 2 N–H and O–H groups in total. The lowest BCUT2D eigenvalue weighted by Crippen LogP contribution is -2.56. The van der Waals surface area contributed by atoms with E-state index in [-0.39, 0.29) is 17.8 Å². The number of sulfonamides is 1. The normalized spacial score (nSPS) is 33.7. The molecule has 2 fully saturated rings. The number of hydrogen-bond acceptors (Lipinski definition) is 4. The third kappa shape index (κ3) is 3.90. The third-order valence-electron chi connectivity index (χ3n) is 4.23. The largest absolute Gasteiger partial charge is 0.390 e. The van der Waals surface area contributed by atoms with Gasteiger partial charge in [-0.3, -0.25) is 4.90 Å². The van der Waals surface area contributed by atoms with Crippen molar-refractivity contribution in [3.8, 4) is 0 Å². The van der Waals surface area contributed by atoms with E-state index in [0.29, 0.717) is 6.42 Å². The molecule has 0 radical (unpaired) electrons. The van der Waals surface area contributed by atoms with Gasteiger partial charge >= 0.3 is 0 Å². The van der Waals surface area contributed by atoms with Crippen LogP contribution in [0.1, 0.15) is 45.4 Å². The van der Waals surface area contributed by atoms with Gasteiger partial charge in [0.05, 0.1) is 11.9 Å². The Balaban J connectivity index is 1.97. The lowest BCUT2D eigenvalue weighted by Gasteiger charge is -2.39. The van der Waals surface area contributed by atoms with Crippen molar-refractivity contribution >= 4 is 10.0 Å². The van der Waals surface area contributed by atoms with Crippen molar-refractivity contribution in [3.63, 3.8) is 0 Å². The van der Waals surface area contributed by atoms with Crippen molar-refractivity contribution in [1.82, 2.24) is 9.62 Å². The van der Waals surface area contributed by atoms with E-state index in [1.807, 2.05) is 6.92 Å². The molecular formula is C13H26N2O3S. The van der Waals surface area contributed by atoms with Crippen LogP contribution in [0.15, 0.2) is 0 Å². The quantitative estimate of drug-likeness (QED) is 0.782. The molecule has 0 unspecified atom stereocenters. The van der Waals surface area contributed by atoms with Gasteiger partial charge in [0.25, 0.3) is 0 Å². The van der Waals surface area contributed by atoms with Crippen LogP contribution in [0, 0.1) is 0 Å². The van der Waals surface area contributed by atoms with E-state index < -0.39 is 16.1 Å². The molecule has 0 amide bonds. The van der Waals surface area contributed by atoms with Gasteiger partial charge in [0.15, 0.2) is 0 Å². The Morgan fingerprint density at radius 3 is 2.53 bits per heavy atom. The van der Waals surface area contributed by atoms with Gasteiger partial charge < -0.3 is 5.11 Å². The summed E-state index contributed by atoms with van der Waals surface area (Å²) in [6.45, 7) is 3.93. The highest BCUT2D eigenvalue weighted by atomic mass is 32.2. The summed E-state index contributed by atoms with van der Waals surface area (Å²) in [4.78, 5) is 2.32. The first-order valence-electron chi connectivity index (χ1n) is 7.45. The molecule has 1 aliphatic heterocycles. The third-order valence-corrected chi connectivity index (χ3v) is 5.84. The molecule has 2 rings (SSSR count). The van der Waals surface area contributed by atoms with E-state index in [1.54, 1.807) is 0 Å². The predicted octanol–water partition coefficient (Wildman–Crippen LogP) is 0.694. The zero-order valence-electron chi connectivity index (χ0n) is 11.7. The number of aliphatic hydroxyl groups is 1. The lowest BCUT2D eigenvalue weighted by molar-refractivity contribution is 0.0127. The number of likely N-dealkylation sites (tertiary alicyclic amines) is 1. The molecule has 0 spiro atoms. The number of rotatable bonds is 5. The maximum atomic E-state index is 11.8. The van der Waals surface area contributed by atoms with Crippen LogP contribution >= 0.6 is 0 Å². The van der Waals surface area contributed by atoms with Crippen molar-refractivity contribution in [2.24, 2.45) is 0 Å². The lowest BCUT2D eigenvalue weighted by atomic mass is 9.88. The Morgan fingerprint density at radius 1 is 1.21 bits per heavy atom. The second-order valence-electron chi connectivity index (χ2n) is 5.78. The van der Waals surface area contributed by atoms with E-state index in [0.717, 1.165) is 32.4 Å². The molecule has 2 aliphatic rings. The molecule has 0 bridgehead atoms. The minimum Gasteiger partial charge on any atom is -0.390 e. The average Bonchev–Trinajstić information content (AvgIpc) is 2.85. The molecule has 19 heavy (non-hydrogen) atoms. The van der Waals surface area contributed by atoms with Crippen LogP contribution in [0.4, 0.5) is 0 Å². The number of nitrogens with zero attached hydrogens (tertiary/aromatic N) is 1. The van der Waals surface area contributed by atoms with Crippen molar-refractivity contribution in [2.45, 2.75) is 63.6 Å². The Bertz CT molecular complexity index is 379. The molecule has 5 nitrogen and oxygen atoms in total. The van der Waals surface area contributed by atoms with Crippen LogP contribution < -0.4 is 4.72 Å². The van der Waals surface area contributed by atoms with Crippen LogP contribution in [0.2, 0.25) is 0 Å². The minimum atomic E-state index is -3.24. The van der Waals surface area contributed by atoms with Crippen LogP contribution in [0.25, 0.3) is 0 Å². The first-order chi connectivity index (χ1) is 9.03. The smallest absolute Gasteiger partial charge is 0.211 e. The molecule has 3 atom stereocenters. The molecule has 0 aromatic rings. The average molecular weight is 290 g/mol. The molecule has 1 aliphatic carbocycles. The molecule has 0 aromatic carbocycles. The van der Waals surface area contributed by atoms with E-state index in [2.05, 4.69) is 9.62 Å². The topological polar surface area (TPSA) is 69.6 Å². The summed E-state index contributed by atoms with van der Waals surface area (Å²) in [6, 6.07) is -0.179. The SMILES string of the molecule is CCCS(=O)(=O)N[C@@H]1CCC[C@@H](N2CCCC2)[C@@H]1O. The Labute approximate surface area is 116 Å². The highest BCUT2D eigenvalue weighted by Crippen LogP contribution is 2.27. The Hall–Kier alpha value is -0.170. The fourth-order valence-electron chi connectivity index (χ4n) is 3.32. The van der Waals surface area contributed by atoms with Gasteiger partial charge in [-0.2, -0.15) is 0 Å². The standard InChI is InChI=1S/C13H26N2O3S/c1-2-10-19(17,18)14-11-6-5-7-12(13(11)16)15-8-3-4-9-15/h11-14,16H,2-10H2,1H3/t11-,12-,13-/m1/s1. The summed E-state index contributed by atoms with van der Waals surface area (Å²) in [5.74, 6) is 0.143. The summed E-state index contributed by atoms with van der Waals surface area (Å²) in [5, 5.41) is 10.5. The molecule has 0 aromatic heterocycles. The number of hydrogen-bond donors (Lipinski definition) is 2. The monoisotopic (exact) mass is 290 g/mol. The van der Waals surface area contributed by atoms with Gasteiger partial charge in [0.1, 0.15) is 0 Å². The zero-order valence-corrected chi connectivity index (χ0v) is 12.5. The number of nitrogens with one attached hydrogen (secondary N) is 1. The molecule has 1 heterocycles. The van der Waals surface area contributed by atoms with Crippen molar-refractivity contribution in [2.75, 3.05) is 18.8 Å². The first kappa shape index (κ1) is 15.2. The maximum Gasteiger partial charge on any atom is 0.211 e. The number of aliphatic hydroxyl groups excluding tert-OH is 1. The van der Waals surface area contributed by atoms with Crippen molar-refractivity contribution in [3.05, 3.63) is 0 Å². The van der Waals surface area contributed by atoms with E-state index in [4.69, 9.17) is 0 Å². The molecule has 6 heteroatoms. The van der Waals surface area contributed by atoms with Crippen LogP contribution in [-0.2, 0) is 10.0 Å². The fourth-order valence-corrected chi connectivity index (χ4v) is 4.69. The molecule has 112 valence electrons. The van der Waals surface area contributed by atoms with Crippen molar-refractivity contribution in [1.29, 1.82) is 0 Å². The summed E-state index contributed by atoms with van der Waals surface area (Å²) in [6.07, 6.45) is 5.12. The summed E-state index contributed by atoms with van der Waals surface area (Å²) >= 11 is 0. The highest BCUT2D eigenvalue weighted by molar-refractivity contribution is 7.89. The molecule has 1 saturated heterocycles. The van der Waals surface area contributed by atoms with Crippen LogP contribution in [-0.4, -0.2) is 55.5 Å². The van der Waals surface area contributed by atoms with Crippen molar-refractivity contribution < 1.29 is 13.5 Å². The zero-order chi connectivity index (χ0) is 13.9. The Morgan fingerprint density at radius 2 is 1.89 bits per heavy atom. The predicted molar refractivity (Wildman–Crippen MR) is 75.5 cm³/mol. The van der Waals surface area contributed by atoms with E-state index >= 15 is 0 Å². The summed E-state index contributed by atoms with van der Waals surface area (Å²) in [5.41, 5.74) is 0. The summed E-state index contributed by atoms with van der Waals surface area (Å²) < 4.78 is 26.4. The van der Waals surface area contributed by atoms with Crippen LogP contribution in [0.3, 0.4) is 0 Å². The van der Waals surface area contributed by atoms with E-state index in [9.17, 15) is 13.5 Å². The first-order valence-corrected chi connectivity index (χ1v) is 9.11. The van der Waals surface area contributed by atoms with Crippen LogP contribution in [0.5, 0.6) is 0 Å². The highest BCUT2D eigenvalue weighted by Gasteiger charge is 2.37. The van der Waals surface area contributed by atoms with Gasteiger partial charge in [0, 0.05) is 12.1 Å². The van der Waals surface area contributed by atoms with Gasteiger partial charge in [-0.1, -0.05) is 13.3 Å². The maximum absolute atomic E-state index is 11.8. The minimum absolute atomic E-state index is 0.130. The Kier molecular flexibility index (Phi) is 5.22. The van der Waals surface area contributed by atoms with Gasteiger partial charge in [-0.15, -0.1) is 0 Å². The van der Waals surface area contributed by atoms with Gasteiger partial charge in [-0.25, -0.2) is 13.1 Å². The molecular weight excluding hydrogens is 264 g/mol. The van der Waals surface area contributed by atoms with Gasteiger partial charge in [0.2, 0.25) is 10.0 Å². The second-order valence-corrected chi connectivity index (χ2v) is 7.65. The van der Waals surface area contributed by atoms with Gasteiger partial charge in [-0.05, 0) is 45.2 Å². The second kappa shape index (κ2) is 6.52. The fraction of sp³-hybridized carbons (Fsp3) is 1.00. The summed E-state index contributed by atoms with van der Waals surface area (Å²) in [7, 11) is -3.24. The van der Waals surface area contributed by atoms with E-state index in [1.165, 1.54) is 12.8 Å².